The van der Waals surface area contributed by atoms with Gasteiger partial charge in [0.1, 0.15) is 0 Å². The fraction of sp³-hybridized carbons (Fsp3) is 0.414. The molecule has 2 fully saturated rings. The molecule has 2 amide bonds. The minimum Gasteiger partial charge on any atom is -0.427 e. The van der Waals surface area contributed by atoms with E-state index in [0.29, 0.717) is 22.6 Å². The molecule has 220 valence electrons. The number of ketones is 1. The van der Waals surface area contributed by atoms with Crippen LogP contribution in [0.15, 0.2) is 36.4 Å². The van der Waals surface area contributed by atoms with E-state index in [9.17, 15) is 36.3 Å². The Morgan fingerprint density at radius 2 is 1.86 bits per heavy atom. The summed E-state index contributed by atoms with van der Waals surface area (Å²) in [6, 6.07) is 7.99. The van der Waals surface area contributed by atoms with Crippen LogP contribution in [0.25, 0.3) is 11.3 Å². The number of carbonyl (C=O) groups is 3. The summed E-state index contributed by atoms with van der Waals surface area (Å²) in [7, 11) is 1.74. The number of Topliss-reactive ketones (excluding diaryl/α,β-unsaturated/α-hetero) is 1. The molecule has 1 aliphatic heterocycles. The smallest absolute Gasteiger partial charge is 0.418 e. The maximum Gasteiger partial charge on any atom is 0.418 e. The van der Waals surface area contributed by atoms with Gasteiger partial charge in [0, 0.05) is 30.5 Å². The summed E-state index contributed by atoms with van der Waals surface area (Å²) >= 11 is 0. The Bertz CT molecular complexity index is 1620. The van der Waals surface area contributed by atoms with E-state index < -0.39 is 71.9 Å². The number of imide groups is 1. The van der Waals surface area contributed by atoms with E-state index >= 15 is 0 Å². The highest BCUT2D eigenvalue weighted by Crippen LogP contribution is 2.52. The number of amides is 2. The number of benzene rings is 2. The van der Waals surface area contributed by atoms with Gasteiger partial charge in [-0.25, -0.2) is 23.2 Å². The van der Waals surface area contributed by atoms with Crippen molar-refractivity contribution in [3.05, 3.63) is 70.4 Å². The lowest BCUT2D eigenvalue weighted by molar-refractivity contribution is -0.186. The first kappa shape index (κ1) is 28.0. The average molecular weight is 589 g/mol. The molecule has 2 aliphatic carbocycles. The lowest BCUT2D eigenvalue weighted by Gasteiger charge is -2.27. The molecule has 42 heavy (non-hydrogen) atoms. The van der Waals surface area contributed by atoms with Crippen LogP contribution in [0.1, 0.15) is 47.6 Å². The molecule has 6 rings (SSSR count). The van der Waals surface area contributed by atoms with E-state index in [1.165, 1.54) is 0 Å². The maximum atomic E-state index is 14.0. The Kier molecular flexibility index (Phi) is 6.46. The van der Waals surface area contributed by atoms with Crippen LogP contribution in [0.2, 0.25) is 0 Å². The molecule has 0 N–H and O–H groups in total. The average Bonchev–Trinajstić information content (AvgIpc) is 3.67. The second-order valence-corrected chi connectivity index (χ2v) is 11.1. The molecule has 13 heteroatoms. The first-order chi connectivity index (χ1) is 19.8. The quantitative estimate of drug-likeness (QED) is 0.384. The molecule has 3 aliphatic rings. The third kappa shape index (κ3) is 4.28. The minimum absolute atomic E-state index is 0.0465. The van der Waals surface area contributed by atoms with E-state index in [-0.39, 0.29) is 18.4 Å². The second-order valence-electron chi connectivity index (χ2n) is 11.1. The summed E-state index contributed by atoms with van der Waals surface area (Å²) in [6.45, 7) is 0.878. The van der Waals surface area contributed by atoms with Crippen molar-refractivity contribution in [3.63, 3.8) is 0 Å². The number of hydrogen-bond donors (Lipinski definition) is 0. The third-order valence-corrected chi connectivity index (χ3v) is 8.76. The molecular weight excluding hydrogens is 563 g/mol. The zero-order valence-corrected chi connectivity index (χ0v) is 22.5. The molecular formula is C29H25F5N4O4. The predicted molar refractivity (Wildman–Crippen MR) is 136 cm³/mol. The van der Waals surface area contributed by atoms with Gasteiger partial charge in [-0.05, 0) is 61.4 Å². The van der Waals surface area contributed by atoms with Crippen LogP contribution in [0.5, 0.6) is 0 Å². The summed E-state index contributed by atoms with van der Waals surface area (Å²) in [6.07, 6.45) is -5.90. The largest absolute Gasteiger partial charge is 0.427 e. The number of hydrogen-bond acceptors (Lipinski definition) is 6. The zero-order valence-electron chi connectivity index (χ0n) is 22.5. The number of halogens is 5. The molecule has 0 radical (unpaired) electrons. The van der Waals surface area contributed by atoms with Gasteiger partial charge in [-0.15, -0.1) is 5.10 Å². The number of aryl methyl sites for hydroxylation is 3. The second kappa shape index (κ2) is 9.70. The van der Waals surface area contributed by atoms with Crippen LogP contribution in [-0.2, 0) is 33.4 Å². The number of alkyl halides is 3. The first-order valence-electron chi connectivity index (χ1n) is 13.4. The lowest BCUT2D eigenvalue weighted by atomic mass is 9.81. The normalized spacial score (nSPS) is 25.4. The Morgan fingerprint density at radius 1 is 1.10 bits per heavy atom. The van der Waals surface area contributed by atoms with Gasteiger partial charge in [-0.3, -0.25) is 9.59 Å². The highest BCUT2D eigenvalue weighted by molar-refractivity contribution is 6.07. The van der Waals surface area contributed by atoms with Gasteiger partial charge in [0.25, 0.3) is 5.91 Å². The van der Waals surface area contributed by atoms with E-state index in [1.807, 2.05) is 6.07 Å². The number of aromatic nitrogens is 3. The van der Waals surface area contributed by atoms with Crippen molar-refractivity contribution in [2.75, 3.05) is 6.54 Å². The van der Waals surface area contributed by atoms with E-state index in [2.05, 4.69) is 10.3 Å². The van der Waals surface area contributed by atoms with Gasteiger partial charge in [-0.2, -0.15) is 13.2 Å². The standard InChI is InChI=1S/C29H25F5N4O4/c1-14-25(37(2)36-35-14)17-3-6-19-16(11-17)9-10-28(19)26(40)38(27(41)42-28)13-23(39)24-18(5-7-20(24)29(32,33)34)15-4-8-21(30)22(31)12-15/h3-4,6,8,11-12,18,20,24H,5,7,9-10,13H2,1-2H3/t18-,20-,24?,28?/m0/s1. The summed E-state index contributed by atoms with van der Waals surface area (Å²) in [5.41, 5.74) is 1.81. The highest BCUT2D eigenvalue weighted by Gasteiger charge is 2.60. The van der Waals surface area contributed by atoms with Gasteiger partial charge in [0.2, 0.25) is 5.60 Å². The molecule has 1 saturated carbocycles. The van der Waals surface area contributed by atoms with Crippen molar-refractivity contribution in [2.45, 2.75) is 50.3 Å². The Morgan fingerprint density at radius 3 is 2.52 bits per heavy atom. The van der Waals surface area contributed by atoms with Crippen LogP contribution in [0.4, 0.5) is 26.7 Å². The summed E-state index contributed by atoms with van der Waals surface area (Å²) < 4.78 is 76.6. The number of rotatable bonds is 5. The van der Waals surface area contributed by atoms with Crippen molar-refractivity contribution < 1.29 is 41.1 Å². The van der Waals surface area contributed by atoms with Crippen LogP contribution in [0.3, 0.4) is 0 Å². The minimum atomic E-state index is -4.76. The molecule has 1 aromatic heterocycles. The molecule has 2 aromatic carbocycles. The fourth-order valence-corrected chi connectivity index (χ4v) is 6.85. The van der Waals surface area contributed by atoms with Crippen LogP contribution >= 0.6 is 0 Å². The molecule has 0 bridgehead atoms. The molecule has 8 nitrogen and oxygen atoms in total. The first-order valence-corrected chi connectivity index (χ1v) is 13.4. The lowest BCUT2D eigenvalue weighted by Crippen LogP contribution is -2.43. The van der Waals surface area contributed by atoms with Crippen LogP contribution < -0.4 is 0 Å². The number of nitrogens with zero attached hydrogens (tertiary/aromatic N) is 4. The number of fused-ring (bicyclic) bond motifs is 2. The molecule has 4 atom stereocenters. The van der Waals surface area contributed by atoms with Crippen molar-refractivity contribution in [1.29, 1.82) is 0 Å². The monoisotopic (exact) mass is 588 g/mol. The molecule has 1 saturated heterocycles. The van der Waals surface area contributed by atoms with Gasteiger partial charge in [0.05, 0.1) is 23.9 Å². The van der Waals surface area contributed by atoms with Gasteiger partial charge in [-0.1, -0.05) is 23.4 Å². The zero-order chi connectivity index (χ0) is 30.1. The summed E-state index contributed by atoms with van der Waals surface area (Å²) in [5.74, 6) is -9.07. The molecule has 1 spiro atoms. The van der Waals surface area contributed by atoms with Gasteiger partial charge < -0.3 is 4.74 Å². The topological polar surface area (TPSA) is 94.4 Å². The Hall–Kier alpha value is -4.16. The SMILES string of the molecule is Cc1nnn(C)c1-c1ccc2c(c1)CCC21OC(=O)N(CC(=O)C2[C@H](c3ccc(F)c(F)c3)CC[C@@H]2C(F)(F)F)C1=O. The fourth-order valence-electron chi connectivity index (χ4n) is 6.85. The highest BCUT2D eigenvalue weighted by atomic mass is 19.4. The van der Waals surface area contributed by atoms with Crippen LogP contribution in [0, 0.1) is 30.4 Å². The van der Waals surface area contributed by atoms with E-state index in [4.69, 9.17) is 4.74 Å². The Balaban J connectivity index is 1.28. The Labute approximate surface area is 236 Å². The third-order valence-electron chi connectivity index (χ3n) is 8.76. The van der Waals surface area contributed by atoms with E-state index in [0.717, 1.165) is 35.0 Å². The van der Waals surface area contributed by atoms with Gasteiger partial charge in [0.15, 0.2) is 17.4 Å². The molecule has 2 unspecified atom stereocenters. The van der Waals surface area contributed by atoms with Gasteiger partial charge >= 0.3 is 12.3 Å². The van der Waals surface area contributed by atoms with Crippen molar-refractivity contribution in [2.24, 2.45) is 18.9 Å². The predicted octanol–water partition coefficient (Wildman–Crippen LogP) is 5.13. The summed E-state index contributed by atoms with van der Waals surface area (Å²) in [4.78, 5) is 40.7. The number of carbonyl (C=O) groups excluding carboxylic acids is 3. The van der Waals surface area contributed by atoms with Crippen molar-refractivity contribution in [3.8, 4) is 11.3 Å². The van der Waals surface area contributed by atoms with Crippen LogP contribution in [-0.4, -0.2) is 50.4 Å². The maximum absolute atomic E-state index is 14.0. The van der Waals surface area contributed by atoms with Crippen molar-refractivity contribution >= 4 is 17.8 Å². The number of ether oxygens (including phenoxy) is 1. The van der Waals surface area contributed by atoms with Crippen molar-refractivity contribution in [1.82, 2.24) is 19.9 Å². The molecule has 3 aromatic rings. The van der Waals surface area contributed by atoms with E-state index in [1.54, 1.807) is 30.8 Å². The summed E-state index contributed by atoms with van der Waals surface area (Å²) in [5, 5.41) is 8.05. The molecule has 2 heterocycles.